The Morgan fingerprint density at radius 3 is 2.77 bits per heavy atom. The van der Waals surface area contributed by atoms with Gasteiger partial charge in [-0.25, -0.2) is 4.68 Å². The van der Waals surface area contributed by atoms with E-state index in [-0.39, 0.29) is 12.5 Å². The monoisotopic (exact) mass is 350 g/mol. The Labute approximate surface area is 152 Å². The summed E-state index contributed by atoms with van der Waals surface area (Å²) in [6.45, 7) is 6.41. The van der Waals surface area contributed by atoms with Gasteiger partial charge in [-0.15, -0.1) is 5.10 Å². The Balaban J connectivity index is 1.64. The largest absolute Gasteiger partial charge is 0.376 e. The van der Waals surface area contributed by atoms with E-state index in [9.17, 15) is 4.79 Å². The fourth-order valence-corrected chi connectivity index (χ4v) is 2.58. The van der Waals surface area contributed by atoms with Gasteiger partial charge in [0.25, 0.3) is 0 Å². The maximum Gasteiger partial charge on any atom is 0.243 e. The maximum atomic E-state index is 12.3. The molecule has 7 nitrogen and oxygen atoms in total. The standard InChI is InChI=1S/C19H22N6O/c1-13(2)15-5-4-6-16(9-15)22-19(26)11-20-18-10-17(8-7-14(18)3)25-12-21-23-24-25/h4-10,12-13,20H,11H2,1-3H3,(H,22,26). The second-order valence-electron chi connectivity index (χ2n) is 6.44. The highest BCUT2D eigenvalue weighted by atomic mass is 16.1. The highest BCUT2D eigenvalue weighted by Gasteiger charge is 2.07. The van der Waals surface area contributed by atoms with Crippen molar-refractivity contribution >= 4 is 17.3 Å². The molecule has 3 aromatic rings. The van der Waals surface area contributed by atoms with Crippen molar-refractivity contribution in [2.75, 3.05) is 17.2 Å². The molecule has 7 heteroatoms. The van der Waals surface area contributed by atoms with Crippen molar-refractivity contribution in [3.8, 4) is 5.69 Å². The van der Waals surface area contributed by atoms with Crippen molar-refractivity contribution in [1.82, 2.24) is 20.2 Å². The molecule has 0 aliphatic carbocycles. The molecule has 3 rings (SSSR count). The third-order valence-corrected chi connectivity index (χ3v) is 4.11. The predicted octanol–water partition coefficient (Wildman–Crippen LogP) is 3.14. The van der Waals surface area contributed by atoms with E-state index in [1.54, 1.807) is 4.68 Å². The fourth-order valence-electron chi connectivity index (χ4n) is 2.58. The van der Waals surface area contributed by atoms with Crippen LogP contribution in [0.1, 0.15) is 30.9 Å². The Bertz CT molecular complexity index is 889. The number of aromatic nitrogens is 4. The number of hydrogen-bond donors (Lipinski definition) is 2. The molecule has 0 saturated heterocycles. The van der Waals surface area contributed by atoms with Gasteiger partial charge in [-0.2, -0.15) is 0 Å². The van der Waals surface area contributed by atoms with Crippen LogP contribution in [0.2, 0.25) is 0 Å². The van der Waals surface area contributed by atoms with E-state index in [2.05, 4.69) is 46.1 Å². The summed E-state index contributed by atoms with van der Waals surface area (Å²) < 4.78 is 1.57. The molecule has 0 radical (unpaired) electrons. The van der Waals surface area contributed by atoms with Crippen LogP contribution in [0.5, 0.6) is 0 Å². The molecular formula is C19H22N6O. The van der Waals surface area contributed by atoms with Crippen LogP contribution in [-0.2, 0) is 4.79 Å². The maximum absolute atomic E-state index is 12.3. The second-order valence-corrected chi connectivity index (χ2v) is 6.44. The molecule has 134 valence electrons. The zero-order chi connectivity index (χ0) is 18.5. The molecule has 0 aliphatic heterocycles. The lowest BCUT2D eigenvalue weighted by Crippen LogP contribution is -2.22. The number of nitrogens with zero attached hydrogens (tertiary/aromatic N) is 4. The summed E-state index contributed by atoms with van der Waals surface area (Å²) in [4.78, 5) is 12.3. The molecule has 2 N–H and O–H groups in total. The number of rotatable bonds is 6. The van der Waals surface area contributed by atoms with Crippen LogP contribution in [0.3, 0.4) is 0 Å². The molecule has 0 spiro atoms. The predicted molar refractivity (Wildman–Crippen MR) is 102 cm³/mol. The van der Waals surface area contributed by atoms with Gasteiger partial charge in [0, 0.05) is 11.4 Å². The minimum Gasteiger partial charge on any atom is -0.376 e. The first kappa shape index (κ1) is 17.6. The summed E-state index contributed by atoms with van der Waals surface area (Å²) in [5.41, 5.74) is 4.73. The van der Waals surface area contributed by atoms with E-state index in [0.29, 0.717) is 5.92 Å². The highest BCUT2D eigenvalue weighted by molar-refractivity contribution is 5.94. The van der Waals surface area contributed by atoms with Gasteiger partial charge >= 0.3 is 0 Å². The summed E-state index contributed by atoms with van der Waals surface area (Å²) in [6.07, 6.45) is 1.53. The molecule has 26 heavy (non-hydrogen) atoms. The molecule has 0 saturated carbocycles. The third-order valence-electron chi connectivity index (χ3n) is 4.11. The number of nitrogens with one attached hydrogen (secondary N) is 2. The van der Waals surface area contributed by atoms with Crippen molar-refractivity contribution in [3.05, 3.63) is 59.9 Å². The number of aryl methyl sites for hydroxylation is 1. The lowest BCUT2D eigenvalue weighted by molar-refractivity contribution is -0.114. The molecular weight excluding hydrogens is 328 g/mol. The van der Waals surface area contributed by atoms with Crippen molar-refractivity contribution in [1.29, 1.82) is 0 Å². The number of anilines is 2. The van der Waals surface area contributed by atoms with Gasteiger partial charge in [0.05, 0.1) is 12.2 Å². The van der Waals surface area contributed by atoms with E-state index in [1.165, 1.54) is 11.9 Å². The van der Waals surface area contributed by atoms with Crippen LogP contribution in [0.15, 0.2) is 48.8 Å². The van der Waals surface area contributed by atoms with Crippen LogP contribution in [0, 0.1) is 6.92 Å². The summed E-state index contributed by atoms with van der Waals surface area (Å²) >= 11 is 0. The van der Waals surface area contributed by atoms with Crippen LogP contribution in [0.4, 0.5) is 11.4 Å². The quantitative estimate of drug-likeness (QED) is 0.713. The van der Waals surface area contributed by atoms with Gasteiger partial charge in [0.2, 0.25) is 5.91 Å². The van der Waals surface area contributed by atoms with E-state index < -0.39 is 0 Å². The van der Waals surface area contributed by atoms with Gasteiger partial charge < -0.3 is 10.6 Å². The van der Waals surface area contributed by atoms with Crippen LogP contribution < -0.4 is 10.6 Å². The molecule has 0 bridgehead atoms. The lowest BCUT2D eigenvalue weighted by Gasteiger charge is -2.12. The molecule has 1 heterocycles. The first-order valence-electron chi connectivity index (χ1n) is 8.50. The smallest absolute Gasteiger partial charge is 0.243 e. The Morgan fingerprint density at radius 1 is 1.19 bits per heavy atom. The minimum absolute atomic E-state index is 0.0990. The third kappa shape index (κ3) is 4.24. The number of tetrazole rings is 1. The van der Waals surface area contributed by atoms with Crippen LogP contribution in [-0.4, -0.2) is 32.7 Å². The number of amides is 1. The molecule has 0 atom stereocenters. The lowest BCUT2D eigenvalue weighted by atomic mass is 10.0. The van der Waals surface area contributed by atoms with Crippen LogP contribution >= 0.6 is 0 Å². The Hall–Kier alpha value is -3.22. The average molecular weight is 350 g/mol. The molecule has 0 unspecified atom stereocenters. The summed E-state index contributed by atoms with van der Waals surface area (Å²) in [5, 5.41) is 17.3. The Morgan fingerprint density at radius 2 is 2.04 bits per heavy atom. The van der Waals surface area contributed by atoms with Gasteiger partial charge in [-0.05, 0) is 58.7 Å². The van der Waals surface area contributed by atoms with Crippen molar-refractivity contribution < 1.29 is 4.79 Å². The number of hydrogen-bond acceptors (Lipinski definition) is 5. The molecule has 0 fully saturated rings. The van der Waals surface area contributed by atoms with Crippen molar-refractivity contribution in [3.63, 3.8) is 0 Å². The first-order chi connectivity index (χ1) is 12.5. The molecule has 2 aromatic carbocycles. The van der Waals surface area contributed by atoms with E-state index in [4.69, 9.17) is 0 Å². The van der Waals surface area contributed by atoms with E-state index in [1.807, 2.05) is 43.3 Å². The van der Waals surface area contributed by atoms with Gasteiger partial charge in [0.15, 0.2) is 0 Å². The number of carbonyl (C=O) groups is 1. The fraction of sp³-hybridized carbons (Fsp3) is 0.263. The average Bonchev–Trinajstić information content (AvgIpc) is 3.16. The van der Waals surface area contributed by atoms with E-state index >= 15 is 0 Å². The topological polar surface area (TPSA) is 84.7 Å². The second kappa shape index (κ2) is 7.77. The first-order valence-corrected chi connectivity index (χ1v) is 8.50. The van der Waals surface area contributed by atoms with Gasteiger partial charge in [0.1, 0.15) is 6.33 Å². The number of benzene rings is 2. The minimum atomic E-state index is -0.0990. The molecule has 1 amide bonds. The van der Waals surface area contributed by atoms with Crippen LogP contribution in [0.25, 0.3) is 5.69 Å². The Kier molecular flexibility index (Phi) is 5.26. The normalized spacial score (nSPS) is 10.8. The van der Waals surface area contributed by atoms with Gasteiger partial charge in [-0.3, -0.25) is 4.79 Å². The zero-order valence-electron chi connectivity index (χ0n) is 15.1. The van der Waals surface area contributed by atoms with Crippen molar-refractivity contribution in [2.24, 2.45) is 0 Å². The van der Waals surface area contributed by atoms with E-state index in [0.717, 1.165) is 22.6 Å². The summed E-state index contributed by atoms with van der Waals surface area (Å²) in [5.74, 6) is 0.319. The summed E-state index contributed by atoms with van der Waals surface area (Å²) in [6, 6.07) is 13.7. The number of carbonyl (C=O) groups excluding carboxylic acids is 1. The SMILES string of the molecule is Cc1ccc(-n2cnnn2)cc1NCC(=O)Nc1cccc(C(C)C)c1. The summed E-state index contributed by atoms with van der Waals surface area (Å²) in [7, 11) is 0. The zero-order valence-corrected chi connectivity index (χ0v) is 15.1. The van der Waals surface area contributed by atoms with Crippen molar-refractivity contribution in [2.45, 2.75) is 26.7 Å². The van der Waals surface area contributed by atoms with Gasteiger partial charge in [-0.1, -0.05) is 32.0 Å². The molecule has 1 aromatic heterocycles. The molecule has 0 aliphatic rings. The highest BCUT2D eigenvalue weighted by Crippen LogP contribution is 2.20.